The lowest BCUT2D eigenvalue weighted by Crippen LogP contribution is -2.11. The van der Waals surface area contributed by atoms with Gasteiger partial charge < -0.3 is 5.11 Å². The third-order valence-electron chi connectivity index (χ3n) is 2.51. The molecule has 2 rings (SSSR count). The van der Waals surface area contributed by atoms with Gasteiger partial charge in [-0.25, -0.2) is 0 Å². The van der Waals surface area contributed by atoms with E-state index >= 15 is 0 Å². The van der Waals surface area contributed by atoms with Crippen LogP contribution in [0.25, 0.3) is 10.1 Å². The van der Waals surface area contributed by atoms with Gasteiger partial charge in [0.25, 0.3) is 0 Å². The molecule has 0 fully saturated rings. The number of hydrogen-bond donors (Lipinski definition) is 1. The van der Waals surface area contributed by atoms with Crippen LogP contribution in [-0.4, -0.2) is 11.1 Å². The van der Waals surface area contributed by atoms with Crippen molar-refractivity contribution in [2.24, 2.45) is 5.92 Å². The molecule has 2 nitrogen and oxygen atoms in total. The maximum absolute atomic E-state index is 10.8. The zero-order chi connectivity index (χ0) is 10.8. The number of hydrogen-bond acceptors (Lipinski definition) is 2. The molecule has 0 spiro atoms. The third-order valence-corrected chi connectivity index (χ3v) is 3.52. The van der Waals surface area contributed by atoms with E-state index < -0.39 is 5.97 Å². The van der Waals surface area contributed by atoms with Crippen molar-refractivity contribution in [3.8, 4) is 0 Å². The monoisotopic (exact) mass is 220 g/mol. The van der Waals surface area contributed by atoms with Crippen LogP contribution in [0, 0.1) is 5.92 Å². The minimum absolute atomic E-state index is 0.317. The Bertz CT molecular complexity index is 487. The number of thiophene rings is 1. The third kappa shape index (κ3) is 2.02. The summed E-state index contributed by atoms with van der Waals surface area (Å²) in [6.45, 7) is 1.74. The second kappa shape index (κ2) is 4.03. The summed E-state index contributed by atoms with van der Waals surface area (Å²) in [4.78, 5) is 10.8. The Labute approximate surface area is 92.2 Å². The van der Waals surface area contributed by atoms with Gasteiger partial charge in [-0.2, -0.15) is 0 Å². The van der Waals surface area contributed by atoms with Gasteiger partial charge in [-0.05, 0) is 28.8 Å². The fraction of sp³-hybridized carbons (Fsp3) is 0.250. The highest BCUT2D eigenvalue weighted by molar-refractivity contribution is 7.17. The molecule has 0 saturated carbocycles. The minimum Gasteiger partial charge on any atom is -0.481 e. The van der Waals surface area contributed by atoms with Crippen molar-refractivity contribution in [3.63, 3.8) is 0 Å². The lowest BCUT2D eigenvalue weighted by Gasteiger charge is -2.04. The molecule has 1 atom stereocenters. The van der Waals surface area contributed by atoms with Gasteiger partial charge in [0.2, 0.25) is 0 Å². The largest absolute Gasteiger partial charge is 0.481 e. The molecule has 1 aromatic carbocycles. The number of aliphatic carboxylic acids is 1. The van der Waals surface area contributed by atoms with E-state index in [4.69, 9.17) is 5.11 Å². The highest BCUT2D eigenvalue weighted by atomic mass is 32.1. The van der Waals surface area contributed by atoms with Crippen molar-refractivity contribution in [1.82, 2.24) is 0 Å². The van der Waals surface area contributed by atoms with Crippen molar-refractivity contribution >= 4 is 27.4 Å². The number of carboxylic acid groups (broad SMARTS) is 1. The first-order valence-electron chi connectivity index (χ1n) is 4.86. The summed E-state index contributed by atoms with van der Waals surface area (Å²) in [5, 5.41) is 12.1. The Kier molecular flexibility index (Phi) is 2.73. The standard InChI is InChI=1S/C12H12O2S/c1-8(12(13)14)6-9-7-15-11-5-3-2-4-10(9)11/h2-5,7-8H,6H2,1H3,(H,13,14). The van der Waals surface area contributed by atoms with Crippen LogP contribution < -0.4 is 0 Å². The van der Waals surface area contributed by atoms with E-state index in [1.165, 1.54) is 10.1 Å². The van der Waals surface area contributed by atoms with E-state index in [-0.39, 0.29) is 5.92 Å². The van der Waals surface area contributed by atoms with Crippen LogP contribution >= 0.6 is 11.3 Å². The quantitative estimate of drug-likeness (QED) is 0.862. The Hall–Kier alpha value is -1.35. The van der Waals surface area contributed by atoms with E-state index in [1.807, 2.05) is 12.1 Å². The number of fused-ring (bicyclic) bond motifs is 1. The lowest BCUT2D eigenvalue weighted by atomic mass is 10.0. The first kappa shape index (κ1) is 10.2. The van der Waals surface area contributed by atoms with E-state index in [0.717, 1.165) is 5.56 Å². The van der Waals surface area contributed by atoms with Crippen LogP contribution in [-0.2, 0) is 11.2 Å². The van der Waals surface area contributed by atoms with Crippen molar-refractivity contribution in [2.45, 2.75) is 13.3 Å². The van der Waals surface area contributed by atoms with E-state index in [1.54, 1.807) is 18.3 Å². The molecule has 78 valence electrons. The normalized spacial score (nSPS) is 12.9. The predicted molar refractivity (Wildman–Crippen MR) is 62.3 cm³/mol. The highest BCUT2D eigenvalue weighted by Crippen LogP contribution is 2.27. The van der Waals surface area contributed by atoms with E-state index in [0.29, 0.717) is 6.42 Å². The highest BCUT2D eigenvalue weighted by Gasteiger charge is 2.13. The molecule has 0 aliphatic carbocycles. The Balaban J connectivity index is 2.32. The molecule has 1 heterocycles. The van der Waals surface area contributed by atoms with E-state index in [9.17, 15) is 4.79 Å². The summed E-state index contributed by atoms with van der Waals surface area (Å²) in [6.07, 6.45) is 0.610. The SMILES string of the molecule is CC(Cc1csc2ccccc12)C(=O)O. The van der Waals surface area contributed by atoms with Crippen molar-refractivity contribution in [2.75, 3.05) is 0 Å². The number of rotatable bonds is 3. The predicted octanol–water partition coefficient (Wildman–Crippen LogP) is 3.16. The smallest absolute Gasteiger partial charge is 0.306 e. The molecule has 0 amide bonds. The van der Waals surface area contributed by atoms with Crippen LogP contribution in [0.2, 0.25) is 0 Å². The number of benzene rings is 1. The molecule has 1 unspecified atom stereocenters. The summed E-state index contributed by atoms with van der Waals surface area (Å²) >= 11 is 1.67. The molecule has 0 bridgehead atoms. The first-order chi connectivity index (χ1) is 7.18. The average Bonchev–Trinajstić information content (AvgIpc) is 2.62. The molecule has 0 aliphatic rings. The maximum Gasteiger partial charge on any atom is 0.306 e. The van der Waals surface area contributed by atoms with Crippen LogP contribution in [0.1, 0.15) is 12.5 Å². The lowest BCUT2D eigenvalue weighted by molar-refractivity contribution is -0.141. The first-order valence-corrected chi connectivity index (χ1v) is 5.74. The van der Waals surface area contributed by atoms with Gasteiger partial charge in [-0.3, -0.25) is 4.79 Å². The van der Waals surface area contributed by atoms with Gasteiger partial charge in [-0.1, -0.05) is 25.1 Å². The Morgan fingerprint density at radius 3 is 2.93 bits per heavy atom. The molecule has 1 aromatic heterocycles. The van der Waals surface area contributed by atoms with Crippen LogP contribution in [0.3, 0.4) is 0 Å². The molecule has 0 saturated heterocycles. The second-order valence-corrected chi connectivity index (χ2v) is 4.61. The van der Waals surface area contributed by atoms with Crippen molar-refractivity contribution in [1.29, 1.82) is 0 Å². The van der Waals surface area contributed by atoms with Gasteiger partial charge in [-0.15, -0.1) is 11.3 Å². The van der Waals surface area contributed by atoms with Crippen LogP contribution in [0.15, 0.2) is 29.6 Å². The fourth-order valence-corrected chi connectivity index (χ4v) is 2.58. The number of carbonyl (C=O) groups is 1. The molecule has 0 radical (unpaired) electrons. The summed E-state index contributed by atoms with van der Waals surface area (Å²) < 4.78 is 1.23. The van der Waals surface area contributed by atoms with Crippen LogP contribution in [0.4, 0.5) is 0 Å². The average molecular weight is 220 g/mol. The summed E-state index contributed by atoms with van der Waals surface area (Å²) in [7, 11) is 0. The molecule has 2 aromatic rings. The molecule has 0 aliphatic heterocycles. The zero-order valence-corrected chi connectivity index (χ0v) is 9.25. The molecule has 3 heteroatoms. The molecular formula is C12H12O2S. The summed E-state index contributed by atoms with van der Waals surface area (Å²) in [5.41, 5.74) is 1.14. The maximum atomic E-state index is 10.8. The van der Waals surface area contributed by atoms with Gasteiger partial charge in [0.15, 0.2) is 0 Å². The Morgan fingerprint density at radius 1 is 1.47 bits per heavy atom. The fourth-order valence-electron chi connectivity index (χ4n) is 1.61. The number of carboxylic acids is 1. The second-order valence-electron chi connectivity index (χ2n) is 3.70. The summed E-state index contributed by atoms with van der Waals surface area (Å²) in [6, 6.07) is 8.11. The molecular weight excluding hydrogens is 208 g/mol. The minimum atomic E-state index is -0.731. The zero-order valence-electron chi connectivity index (χ0n) is 8.43. The van der Waals surface area contributed by atoms with E-state index in [2.05, 4.69) is 17.5 Å². The van der Waals surface area contributed by atoms with Crippen molar-refractivity contribution in [3.05, 3.63) is 35.2 Å². The Morgan fingerprint density at radius 2 is 2.20 bits per heavy atom. The van der Waals surface area contributed by atoms with Crippen molar-refractivity contribution < 1.29 is 9.90 Å². The molecule has 1 N–H and O–H groups in total. The van der Waals surface area contributed by atoms with Gasteiger partial charge in [0, 0.05) is 4.70 Å². The van der Waals surface area contributed by atoms with Gasteiger partial charge >= 0.3 is 5.97 Å². The summed E-state index contributed by atoms with van der Waals surface area (Å²) in [5.74, 6) is -1.05. The van der Waals surface area contributed by atoms with Gasteiger partial charge in [0.05, 0.1) is 5.92 Å². The molecule has 15 heavy (non-hydrogen) atoms. The topological polar surface area (TPSA) is 37.3 Å². The van der Waals surface area contributed by atoms with Gasteiger partial charge in [0.1, 0.15) is 0 Å². The van der Waals surface area contributed by atoms with Crippen LogP contribution in [0.5, 0.6) is 0 Å².